The number of aryl methyl sites for hydroxylation is 1. The second kappa shape index (κ2) is 8.09. The monoisotopic (exact) mass is 345 g/mol. The van der Waals surface area contributed by atoms with Crippen LogP contribution in [0.25, 0.3) is 0 Å². The van der Waals surface area contributed by atoms with Crippen LogP contribution in [-0.4, -0.2) is 23.7 Å². The van der Waals surface area contributed by atoms with Gasteiger partial charge in [0.25, 0.3) is 5.91 Å². The van der Waals surface area contributed by atoms with Gasteiger partial charge >= 0.3 is 5.88 Å². The van der Waals surface area contributed by atoms with Crippen LogP contribution in [0.4, 0.5) is 5.88 Å². The van der Waals surface area contributed by atoms with Gasteiger partial charge in [-0.1, -0.05) is 26.0 Å². The zero-order chi connectivity index (χ0) is 18.4. The van der Waals surface area contributed by atoms with E-state index in [1.807, 2.05) is 39.0 Å². The van der Waals surface area contributed by atoms with Crippen molar-refractivity contribution in [2.45, 2.75) is 26.7 Å². The smallest absolute Gasteiger partial charge is 0.433 e. The third kappa shape index (κ3) is 5.17. The number of carbonyl (C=O) groups excluding carboxylic acids is 1. The summed E-state index contributed by atoms with van der Waals surface area (Å²) in [5.41, 5.74) is 4.34. The molecule has 0 bridgehead atoms. The highest BCUT2D eigenvalue weighted by Gasteiger charge is 2.11. The fraction of sp³-hybridized carbons (Fsp3) is 0.294. The van der Waals surface area contributed by atoms with Crippen LogP contribution in [0.1, 0.15) is 36.7 Å². The van der Waals surface area contributed by atoms with Gasteiger partial charge in [-0.25, -0.2) is 5.43 Å². The number of ether oxygens (including phenoxy) is 1. The van der Waals surface area contributed by atoms with Crippen molar-refractivity contribution in [2.75, 3.05) is 6.61 Å². The Kier molecular flexibility index (Phi) is 5.89. The highest BCUT2D eigenvalue weighted by Crippen LogP contribution is 2.27. The molecule has 2 aromatic rings. The second-order valence-corrected chi connectivity index (χ2v) is 5.71. The van der Waals surface area contributed by atoms with Crippen molar-refractivity contribution in [2.24, 2.45) is 5.10 Å². The minimum absolute atomic E-state index is 0.161. The number of nitro groups is 1. The molecule has 0 saturated heterocycles. The Labute approximate surface area is 144 Å². The van der Waals surface area contributed by atoms with Crippen molar-refractivity contribution in [1.29, 1.82) is 0 Å². The molecule has 1 aromatic heterocycles. The number of benzene rings is 1. The molecular weight excluding hydrogens is 326 g/mol. The van der Waals surface area contributed by atoms with Crippen molar-refractivity contribution in [3.63, 3.8) is 0 Å². The van der Waals surface area contributed by atoms with Crippen LogP contribution in [-0.2, 0) is 4.79 Å². The minimum Gasteiger partial charge on any atom is -0.483 e. The van der Waals surface area contributed by atoms with Gasteiger partial charge in [0.05, 0.1) is 12.3 Å². The number of amides is 1. The number of carbonyl (C=O) groups is 1. The quantitative estimate of drug-likeness (QED) is 0.471. The molecule has 0 aliphatic rings. The molecule has 0 spiro atoms. The van der Waals surface area contributed by atoms with Crippen LogP contribution in [0, 0.1) is 17.0 Å². The van der Waals surface area contributed by atoms with Crippen molar-refractivity contribution in [3.8, 4) is 5.75 Å². The van der Waals surface area contributed by atoms with E-state index < -0.39 is 16.7 Å². The number of furan rings is 1. The van der Waals surface area contributed by atoms with Crippen molar-refractivity contribution in [1.82, 2.24) is 5.43 Å². The molecule has 132 valence electrons. The SMILES string of the molecule is Cc1ccc(C(C)C)c(OCC(=O)N/N=C\c2ccc([N+](=O)[O-])o2)c1. The molecule has 1 amide bonds. The van der Waals surface area contributed by atoms with Crippen molar-refractivity contribution in [3.05, 3.63) is 57.3 Å². The molecule has 0 unspecified atom stereocenters. The number of hydrogen-bond acceptors (Lipinski definition) is 6. The normalized spacial score (nSPS) is 11.0. The Hall–Kier alpha value is -3.16. The van der Waals surface area contributed by atoms with Gasteiger partial charge in [-0.3, -0.25) is 14.9 Å². The summed E-state index contributed by atoms with van der Waals surface area (Å²) in [5.74, 6) is 0.251. The summed E-state index contributed by atoms with van der Waals surface area (Å²) < 4.78 is 10.5. The number of hydrogen-bond donors (Lipinski definition) is 1. The molecule has 0 radical (unpaired) electrons. The van der Waals surface area contributed by atoms with Crippen molar-refractivity contribution >= 4 is 18.0 Å². The van der Waals surface area contributed by atoms with Gasteiger partial charge in [0, 0.05) is 0 Å². The van der Waals surface area contributed by atoms with Crippen LogP contribution >= 0.6 is 0 Å². The summed E-state index contributed by atoms with van der Waals surface area (Å²) >= 11 is 0. The van der Waals surface area contributed by atoms with Gasteiger partial charge < -0.3 is 9.15 Å². The predicted molar refractivity (Wildman–Crippen MR) is 91.9 cm³/mol. The maximum absolute atomic E-state index is 11.8. The highest BCUT2D eigenvalue weighted by molar-refractivity contribution is 5.81. The minimum atomic E-state index is -0.655. The average molecular weight is 345 g/mol. The average Bonchev–Trinajstić information content (AvgIpc) is 3.02. The van der Waals surface area contributed by atoms with Gasteiger partial charge in [0.1, 0.15) is 10.7 Å². The lowest BCUT2D eigenvalue weighted by molar-refractivity contribution is -0.402. The first-order valence-electron chi connectivity index (χ1n) is 7.66. The van der Waals surface area contributed by atoms with Gasteiger partial charge in [-0.15, -0.1) is 0 Å². The fourth-order valence-electron chi connectivity index (χ4n) is 2.10. The Balaban J connectivity index is 1.89. The van der Waals surface area contributed by atoms with E-state index >= 15 is 0 Å². The van der Waals surface area contributed by atoms with Crippen LogP contribution in [0.3, 0.4) is 0 Å². The zero-order valence-corrected chi connectivity index (χ0v) is 14.2. The van der Waals surface area contributed by atoms with Gasteiger partial charge in [-0.05, 0) is 36.1 Å². The lowest BCUT2D eigenvalue weighted by Gasteiger charge is -2.14. The summed E-state index contributed by atoms with van der Waals surface area (Å²) in [5, 5.41) is 14.2. The van der Waals surface area contributed by atoms with E-state index in [0.717, 1.165) is 11.1 Å². The molecule has 0 atom stereocenters. The largest absolute Gasteiger partial charge is 0.483 e. The fourth-order valence-corrected chi connectivity index (χ4v) is 2.10. The van der Waals surface area contributed by atoms with Crippen molar-refractivity contribution < 1.29 is 18.9 Å². The zero-order valence-electron chi connectivity index (χ0n) is 14.2. The standard InChI is InChI=1S/C17H19N3O5/c1-11(2)14-6-4-12(3)8-15(14)24-10-16(21)19-18-9-13-5-7-17(25-13)20(22)23/h4-9,11H,10H2,1-3H3,(H,19,21)/b18-9-. The van der Waals surface area contributed by atoms with Gasteiger partial charge in [0.15, 0.2) is 12.4 Å². The maximum atomic E-state index is 11.8. The van der Waals surface area contributed by atoms with E-state index in [1.165, 1.54) is 18.3 Å². The lowest BCUT2D eigenvalue weighted by Crippen LogP contribution is -2.24. The molecule has 1 aromatic carbocycles. The molecule has 0 aliphatic heterocycles. The van der Waals surface area contributed by atoms with Crippen LogP contribution in [0.5, 0.6) is 5.75 Å². The molecule has 2 rings (SSSR count). The summed E-state index contributed by atoms with van der Waals surface area (Å²) in [6, 6.07) is 8.45. The predicted octanol–water partition coefficient (Wildman–Crippen LogP) is 3.15. The lowest BCUT2D eigenvalue weighted by atomic mass is 10.0. The van der Waals surface area contributed by atoms with Gasteiger partial charge in [0.2, 0.25) is 0 Å². The molecule has 0 fully saturated rings. The van der Waals surface area contributed by atoms with E-state index in [4.69, 9.17) is 9.15 Å². The first kappa shape index (κ1) is 18.2. The topological polar surface area (TPSA) is 107 Å². The van der Waals surface area contributed by atoms with E-state index in [0.29, 0.717) is 5.75 Å². The van der Waals surface area contributed by atoms with Crippen LogP contribution < -0.4 is 10.2 Å². The van der Waals surface area contributed by atoms with E-state index in [2.05, 4.69) is 10.5 Å². The highest BCUT2D eigenvalue weighted by atomic mass is 16.6. The molecule has 8 nitrogen and oxygen atoms in total. The number of nitrogens with zero attached hydrogens (tertiary/aromatic N) is 2. The second-order valence-electron chi connectivity index (χ2n) is 5.71. The molecular formula is C17H19N3O5. The van der Waals surface area contributed by atoms with E-state index in [1.54, 1.807) is 0 Å². The molecule has 25 heavy (non-hydrogen) atoms. The molecule has 8 heteroatoms. The molecule has 1 heterocycles. The number of rotatable bonds is 7. The Morgan fingerprint density at radius 2 is 2.16 bits per heavy atom. The number of hydrazone groups is 1. The van der Waals surface area contributed by atoms with Gasteiger partial charge in [-0.2, -0.15) is 5.10 Å². The Morgan fingerprint density at radius 3 is 2.80 bits per heavy atom. The van der Waals surface area contributed by atoms with E-state index in [-0.39, 0.29) is 18.3 Å². The Morgan fingerprint density at radius 1 is 1.40 bits per heavy atom. The third-order valence-corrected chi connectivity index (χ3v) is 3.32. The summed E-state index contributed by atoms with van der Waals surface area (Å²) in [6.07, 6.45) is 1.18. The summed E-state index contributed by atoms with van der Waals surface area (Å²) in [6.45, 7) is 5.84. The first-order valence-corrected chi connectivity index (χ1v) is 7.66. The van der Waals surface area contributed by atoms with E-state index in [9.17, 15) is 14.9 Å². The molecule has 0 saturated carbocycles. The third-order valence-electron chi connectivity index (χ3n) is 3.32. The maximum Gasteiger partial charge on any atom is 0.433 e. The first-order chi connectivity index (χ1) is 11.9. The summed E-state index contributed by atoms with van der Waals surface area (Å²) in [4.78, 5) is 21.6. The summed E-state index contributed by atoms with van der Waals surface area (Å²) in [7, 11) is 0. The molecule has 1 N–H and O–H groups in total. The van der Waals surface area contributed by atoms with Crippen LogP contribution in [0.2, 0.25) is 0 Å². The Bertz CT molecular complexity index is 795. The van der Waals surface area contributed by atoms with Crippen LogP contribution in [0.15, 0.2) is 39.9 Å². The number of nitrogens with one attached hydrogen (secondary N) is 1. The molecule has 0 aliphatic carbocycles.